The second-order valence-corrected chi connectivity index (χ2v) is 6.14. The Morgan fingerprint density at radius 2 is 2.37 bits per heavy atom. The molecule has 2 N–H and O–H groups in total. The van der Waals surface area contributed by atoms with Crippen LogP contribution in [-0.2, 0) is 11.3 Å². The molecule has 1 aliphatic heterocycles. The van der Waals surface area contributed by atoms with E-state index in [2.05, 4.69) is 17.1 Å². The third-order valence-electron chi connectivity index (χ3n) is 3.97. The van der Waals surface area contributed by atoms with Gasteiger partial charge in [-0.05, 0) is 43.8 Å². The van der Waals surface area contributed by atoms with Crippen LogP contribution in [0, 0.1) is 0 Å². The lowest BCUT2D eigenvalue weighted by Gasteiger charge is -2.29. The van der Waals surface area contributed by atoms with E-state index < -0.39 is 11.5 Å². The Bertz CT molecular complexity index is 408. The third kappa shape index (κ3) is 3.55. The Morgan fingerprint density at radius 3 is 3.00 bits per heavy atom. The summed E-state index contributed by atoms with van der Waals surface area (Å²) >= 11 is 1.67. The summed E-state index contributed by atoms with van der Waals surface area (Å²) in [7, 11) is 0. The zero-order valence-electron chi connectivity index (χ0n) is 11.4. The van der Waals surface area contributed by atoms with Crippen molar-refractivity contribution in [3.05, 3.63) is 22.4 Å². The number of likely N-dealkylation sites (tertiary alicyclic amines) is 1. The first-order valence-electron chi connectivity index (χ1n) is 6.89. The maximum Gasteiger partial charge on any atom is 0.323 e. The summed E-state index contributed by atoms with van der Waals surface area (Å²) in [4.78, 5) is 15.2. The molecular weight excluding hydrogens is 260 g/mol. The molecule has 4 nitrogen and oxygen atoms in total. The van der Waals surface area contributed by atoms with Crippen LogP contribution in [0.1, 0.15) is 31.1 Å². The Labute approximate surface area is 118 Å². The molecule has 0 bridgehead atoms. The highest BCUT2D eigenvalue weighted by molar-refractivity contribution is 7.09. The van der Waals surface area contributed by atoms with Crippen LogP contribution in [0.3, 0.4) is 0 Å². The van der Waals surface area contributed by atoms with Gasteiger partial charge in [0, 0.05) is 18.0 Å². The number of aliphatic carboxylic acids is 1. The van der Waals surface area contributed by atoms with Crippen LogP contribution in [-0.4, -0.2) is 41.1 Å². The van der Waals surface area contributed by atoms with Crippen molar-refractivity contribution in [2.45, 2.75) is 38.3 Å². The molecule has 5 heteroatoms. The van der Waals surface area contributed by atoms with E-state index in [0.717, 1.165) is 26.1 Å². The summed E-state index contributed by atoms with van der Waals surface area (Å²) in [5, 5.41) is 15.0. The van der Waals surface area contributed by atoms with Crippen molar-refractivity contribution < 1.29 is 9.90 Å². The summed E-state index contributed by atoms with van der Waals surface area (Å²) in [5.41, 5.74) is -0.756. The number of carbonyl (C=O) groups is 1. The molecule has 0 aromatic carbocycles. The van der Waals surface area contributed by atoms with Gasteiger partial charge in [0.25, 0.3) is 0 Å². The second kappa shape index (κ2) is 6.50. The molecule has 1 aromatic heterocycles. The van der Waals surface area contributed by atoms with Gasteiger partial charge in [0.2, 0.25) is 0 Å². The molecule has 0 spiro atoms. The average molecular weight is 282 g/mol. The third-order valence-corrected chi connectivity index (χ3v) is 4.85. The zero-order chi connectivity index (χ0) is 13.7. The van der Waals surface area contributed by atoms with Crippen molar-refractivity contribution >= 4 is 17.3 Å². The number of nitrogens with one attached hydrogen (secondary N) is 1. The van der Waals surface area contributed by atoms with E-state index >= 15 is 0 Å². The second-order valence-electron chi connectivity index (χ2n) is 5.11. The van der Waals surface area contributed by atoms with Crippen LogP contribution < -0.4 is 5.32 Å². The molecule has 0 saturated carbocycles. The molecular formula is C14H22N2O2S. The van der Waals surface area contributed by atoms with Crippen molar-refractivity contribution in [2.75, 3.05) is 19.6 Å². The number of rotatable bonds is 5. The van der Waals surface area contributed by atoms with E-state index in [-0.39, 0.29) is 0 Å². The van der Waals surface area contributed by atoms with E-state index in [1.807, 2.05) is 17.5 Å². The Kier molecular flexibility index (Phi) is 4.96. The van der Waals surface area contributed by atoms with Crippen molar-refractivity contribution in [3.8, 4) is 0 Å². The van der Waals surface area contributed by atoms with Crippen molar-refractivity contribution in [1.29, 1.82) is 0 Å². The zero-order valence-corrected chi connectivity index (χ0v) is 12.2. The largest absolute Gasteiger partial charge is 0.480 e. The molecule has 1 unspecified atom stereocenters. The maximum absolute atomic E-state index is 11.7. The van der Waals surface area contributed by atoms with Gasteiger partial charge in [0.05, 0.1) is 0 Å². The normalized spacial score (nSPS) is 25.1. The minimum atomic E-state index is -0.756. The highest BCUT2D eigenvalue weighted by Crippen LogP contribution is 2.24. The molecule has 2 rings (SSSR count). The van der Waals surface area contributed by atoms with Gasteiger partial charge in [-0.3, -0.25) is 10.1 Å². The monoisotopic (exact) mass is 282 g/mol. The number of hydrogen-bond acceptors (Lipinski definition) is 4. The smallest absolute Gasteiger partial charge is 0.323 e. The predicted molar refractivity (Wildman–Crippen MR) is 77.5 cm³/mol. The Balaban J connectivity index is 2.02. The molecule has 0 radical (unpaired) electrons. The topological polar surface area (TPSA) is 52.6 Å². The summed E-state index contributed by atoms with van der Waals surface area (Å²) < 4.78 is 0. The fourth-order valence-corrected chi connectivity index (χ4v) is 3.29. The summed E-state index contributed by atoms with van der Waals surface area (Å²) in [6.07, 6.45) is 2.34. The first-order chi connectivity index (χ1) is 9.16. The van der Waals surface area contributed by atoms with Crippen molar-refractivity contribution in [3.63, 3.8) is 0 Å². The van der Waals surface area contributed by atoms with E-state index in [1.165, 1.54) is 4.88 Å². The van der Waals surface area contributed by atoms with E-state index in [4.69, 9.17) is 0 Å². The number of nitrogens with zero attached hydrogens (tertiary/aromatic N) is 1. The van der Waals surface area contributed by atoms with Gasteiger partial charge in [-0.2, -0.15) is 0 Å². The average Bonchev–Trinajstić information content (AvgIpc) is 2.82. The molecule has 19 heavy (non-hydrogen) atoms. The Hall–Kier alpha value is -0.910. The molecule has 1 aliphatic rings. The Morgan fingerprint density at radius 1 is 1.53 bits per heavy atom. The molecule has 106 valence electrons. The molecule has 1 fully saturated rings. The molecule has 0 amide bonds. The number of thiophene rings is 1. The number of carboxylic acids is 1. The fourth-order valence-electron chi connectivity index (χ4n) is 2.64. The van der Waals surface area contributed by atoms with Gasteiger partial charge in [-0.15, -0.1) is 11.3 Å². The van der Waals surface area contributed by atoms with Gasteiger partial charge >= 0.3 is 5.97 Å². The number of hydrogen-bond donors (Lipinski definition) is 2. The van der Waals surface area contributed by atoms with Crippen LogP contribution in [0.15, 0.2) is 17.5 Å². The minimum absolute atomic E-state index is 0.649. The van der Waals surface area contributed by atoms with Crippen molar-refractivity contribution in [1.82, 2.24) is 10.2 Å². The first-order valence-corrected chi connectivity index (χ1v) is 7.77. The summed E-state index contributed by atoms with van der Waals surface area (Å²) in [6, 6.07) is 4.04. The maximum atomic E-state index is 11.7. The first kappa shape index (κ1) is 14.5. The fraction of sp³-hybridized carbons (Fsp3) is 0.643. The lowest BCUT2D eigenvalue weighted by atomic mass is 9.90. The van der Waals surface area contributed by atoms with Crippen molar-refractivity contribution in [2.24, 2.45) is 0 Å². The van der Waals surface area contributed by atoms with Crippen LogP contribution in [0.5, 0.6) is 0 Å². The van der Waals surface area contributed by atoms with Gasteiger partial charge in [0.15, 0.2) is 0 Å². The molecule has 1 atom stereocenters. The standard InChI is InChI=1S/C14H22N2O2S/c1-2-16-8-4-6-14(7-9-16,13(17)18)15-11-12-5-3-10-19-12/h3,5,10,15H,2,4,6-9,11H2,1H3,(H,17,18). The summed E-state index contributed by atoms with van der Waals surface area (Å²) in [6.45, 7) is 5.65. The molecule has 2 heterocycles. The van der Waals surface area contributed by atoms with E-state index in [0.29, 0.717) is 19.4 Å². The van der Waals surface area contributed by atoms with Gasteiger partial charge in [0.1, 0.15) is 5.54 Å². The van der Waals surface area contributed by atoms with Gasteiger partial charge in [-0.25, -0.2) is 0 Å². The quantitative estimate of drug-likeness (QED) is 0.869. The summed E-state index contributed by atoms with van der Waals surface area (Å²) in [5.74, 6) is -0.706. The highest BCUT2D eigenvalue weighted by atomic mass is 32.1. The minimum Gasteiger partial charge on any atom is -0.480 e. The van der Waals surface area contributed by atoms with Crippen LogP contribution in [0.4, 0.5) is 0 Å². The SMILES string of the molecule is CCN1CCCC(NCc2cccs2)(C(=O)O)CC1. The van der Waals surface area contributed by atoms with Gasteiger partial charge in [-0.1, -0.05) is 13.0 Å². The predicted octanol–water partition coefficient (Wildman–Crippen LogP) is 2.17. The van der Waals surface area contributed by atoms with E-state index in [9.17, 15) is 9.90 Å². The van der Waals surface area contributed by atoms with Gasteiger partial charge < -0.3 is 10.0 Å². The van der Waals surface area contributed by atoms with Crippen LogP contribution in [0.25, 0.3) is 0 Å². The molecule has 1 saturated heterocycles. The van der Waals surface area contributed by atoms with Crippen LogP contribution >= 0.6 is 11.3 Å². The lowest BCUT2D eigenvalue weighted by Crippen LogP contribution is -2.52. The molecule has 0 aliphatic carbocycles. The van der Waals surface area contributed by atoms with Crippen LogP contribution in [0.2, 0.25) is 0 Å². The number of carboxylic acid groups (broad SMARTS) is 1. The lowest BCUT2D eigenvalue weighted by molar-refractivity contribution is -0.145. The highest BCUT2D eigenvalue weighted by Gasteiger charge is 2.39. The van der Waals surface area contributed by atoms with E-state index in [1.54, 1.807) is 11.3 Å². The molecule has 1 aromatic rings.